The molecule has 0 aliphatic rings. The van der Waals surface area contributed by atoms with Gasteiger partial charge < -0.3 is 5.32 Å². The molecule has 1 N–H and O–H groups in total. The molecule has 1 aromatic heterocycles. The predicted molar refractivity (Wildman–Crippen MR) is 59.2 cm³/mol. The normalized spacial score (nSPS) is 9.93. The molecule has 15 heavy (non-hydrogen) atoms. The van der Waals surface area contributed by atoms with Gasteiger partial charge in [0, 0.05) is 12.6 Å². The van der Waals surface area contributed by atoms with E-state index in [1.54, 1.807) is 6.33 Å². The molecule has 0 fully saturated rings. The van der Waals surface area contributed by atoms with Crippen LogP contribution in [0, 0.1) is 0 Å². The highest BCUT2D eigenvalue weighted by atomic mass is 15.0. The largest absolute Gasteiger partial charge is 0.345 e. The highest BCUT2D eigenvalue weighted by Gasteiger charge is 1.99. The lowest BCUT2D eigenvalue weighted by molar-refractivity contribution is -0.674. The fourth-order valence-corrected chi connectivity index (χ4v) is 1.32. The Bertz CT molecular complexity index is 409. The van der Waals surface area contributed by atoms with Crippen LogP contribution in [0.5, 0.6) is 0 Å². The first-order valence-electron chi connectivity index (χ1n) is 4.94. The lowest BCUT2D eigenvalue weighted by atomic mass is 10.2. The number of anilines is 1. The summed E-state index contributed by atoms with van der Waals surface area (Å²) in [6.45, 7) is 0.807. The van der Waals surface area contributed by atoms with Crippen LogP contribution in [-0.4, -0.2) is 4.98 Å². The summed E-state index contributed by atoms with van der Waals surface area (Å²) in [7, 11) is 1.95. The van der Waals surface area contributed by atoms with Crippen molar-refractivity contribution >= 4 is 5.82 Å². The summed E-state index contributed by atoms with van der Waals surface area (Å²) >= 11 is 0. The zero-order valence-electron chi connectivity index (χ0n) is 8.72. The van der Waals surface area contributed by atoms with Crippen LogP contribution in [0.15, 0.2) is 48.9 Å². The SMILES string of the molecule is C[n+]1ccc(NCc2ccccc2)nc1. The van der Waals surface area contributed by atoms with Crippen LogP contribution in [0.4, 0.5) is 5.82 Å². The second-order valence-corrected chi connectivity index (χ2v) is 3.45. The molecule has 2 rings (SSSR count). The Morgan fingerprint density at radius 3 is 2.67 bits per heavy atom. The molecule has 0 saturated carbocycles. The van der Waals surface area contributed by atoms with Gasteiger partial charge >= 0.3 is 0 Å². The first-order chi connectivity index (χ1) is 7.34. The number of hydrogen-bond donors (Lipinski definition) is 1. The van der Waals surface area contributed by atoms with Crippen molar-refractivity contribution < 1.29 is 4.57 Å². The fraction of sp³-hybridized carbons (Fsp3) is 0.167. The molecular formula is C12H14N3+. The minimum atomic E-state index is 0.807. The maximum atomic E-state index is 4.25. The molecule has 0 atom stereocenters. The summed E-state index contributed by atoms with van der Waals surface area (Å²) < 4.78 is 1.91. The second-order valence-electron chi connectivity index (χ2n) is 3.45. The van der Waals surface area contributed by atoms with Crippen LogP contribution >= 0.6 is 0 Å². The summed E-state index contributed by atoms with van der Waals surface area (Å²) in [5.74, 6) is 0.900. The van der Waals surface area contributed by atoms with Crippen LogP contribution in [0.2, 0.25) is 0 Å². The minimum absolute atomic E-state index is 0.807. The van der Waals surface area contributed by atoms with E-state index in [0.717, 1.165) is 12.4 Å². The van der Waals surface area contributed by atoms with Crippen molar-refractivity contribution in [2.24, 2.45) is 7.05 Å². The smallest absolute Gasteiger partial charge is 0.288 e. The van der Waals surface area contributed by atoms with E-state index in [1.165, 1.54) is 5.56 Å². The zero-order valence-corrected chi connectivity index (χ0v) is 8.72. The average Bonchev–Trinajstić information content (AvgIpc) is 2.30. The Hall–Kier alpha value is -1.90. The fourth-order valence-electron chi connectivity index (χ4n) is 1.32. The Labute approximate surface area is 89.4 Å². The minimum Gasteiger partial charge on any atom is -0.345 e. The lowest BCUT2D eigenvalue weighted by Gasteiger charge is -2.01. The molecule has 0 spiro atoms. The summed E-state index contributed by atoms with van der Waals surface area (Å²) in [5, 5.41) is 3.26. The van der Waals surface area contributed by atoms with E-state index < -0.39 is 0 Å². The molecule has 2 aromatic rings. The van der Waals surface area contributed by atoms with Crippen LogP contribution in [0.1, 0.15) is 5.56 Å². The number of nitrogens with zero attached hydrogens (tertiary/aromatic N) is 2. The third-order valence-electron chi connectivity index (χ3n) is 2.16. The van der Waals surface area contributed by atoms with Crippen molar-refractivity contribution in [2.45, 2.75) is 6.54 Å². The third kappa shape index (κ3) is 2.77. The van der Waals surface area contributed by atoms with Gasteiger partial charge in [-0.1, -0.05) is 30.3 Å². The number of hydrogen-bond acceptors (Lipinski definition) is 2. The van der Waals surface area contributed by atoms with E-state index in [-0.39, 0.29) is 0 Å². The number of aromatic nitrogens is 2. The maximum absolute atomic E-state index is 4.25. The van der Waals surface area contributed by atoms with E-state index in [1.807, 2.05) is 42.1 Å². The van der Waals surface area contributed by atoms with Gasteiger partial charge in [0.25, 0.3) is 6.33 Å². The molecule has 1 heterocycles. The van der Waals surface area contributed by atoms with Crippen molar-refractivity contribution in [1.82, 2.24) is 4.98 Å². The van der Waals surface area contributed by atoms with E-state index in [0.29, 0.717) is 0 Å². The highest BCUT2D eigenvalue weighted by molar-refractivity contribution is 5.32. The average molecular weight is 200 g/mol. The molecule has 1 aromatic carbocycles. The summed E-state index contributed by atoms with van der Waals surface area (Å²) in [6, 6.07) is 12.2. The number of rotatable bonds is 3. The molecule has 0 amide bonds. The van der Waals surface area contributed by atoms with Gasteiger partial charge in [0.05, 0.1) is 13.2 Å². The Morgan fingerprint density at radius 2 is 2.00 bits per heavy atom. The number of benzene rings is 1. The standard InChI is InChI=1S/C12H13N3/c1-15-8-7-12(14-10-15)13-9-11-5-3-2-4-6-11/h2-8,10H,9H2,1H3/p+1. The summed E-state index contributed by atoms with van der Waals surface area (Å²) in [4.78, 5) is 4.25. The molecule has 0 bridgehead atoms. The maximum Gasteiger partial charge on any atom is 0.288 e. The lowest BCUT2D eigenvalue weighted by Crippen LogP contribution is -2.27. The van der Waals surface area contributed by atoms with Gasteiger partial charge in [-0.2, -0.15) is 0 Å². The highest BCUT2D eigenvalue weighted by Crippen LogP contribution is 2.03. The number of nitrogens with one attached hydrogen (secondary N) is 1. The molecule has 3 heteroatoms. The van der Waals surface area contributed by atoms with Gasteiger partial charge in [-0.25, -0.2) is 4.57 Å². The topological polar surface area (TPSA) is 28.8 Å². The molecule has 0 aliphatic carbocycles. The molecule has 0 radical (unpaired) electrons. The van der Waals surface area contributed by atoms with Crippen LogP contribution in [-0.2, 0) is 13.6 Å². The Kier molecular flexibility index (Phi) is 2.93. The van der Waals surface area contributed by atoms with Crippen LogP contribution in [0.25, 0.3) is 0 Å². The van der Waals surface area contributed by atoms with Crippen molar-refractivity contribution in [3.8, 4) is 0 Å². The molecule has 3 nitrogen and oxygen atoms in total. The van der Waals surface area contributed by atoms with E-state index in [4.69, 9.17) is 0 Å². The van der Waals surface area contributed by atoms with Gasteiger partial charge in [0.2, 0.25) is 5.82 Å². The van der Waals surface area contributed by atoms with Crippen molar-refractivity contribution in [3.63, 3.8) is 0 Å². The third-order valence-corrected chi connectivity index (χ3v) is 2.16. The molecule has 0 saturated heterocycles. The van der Waals surface area contributed by atoms with Gasteiger partial charge in [0.15, 0.2) is 0 Å². The Morgan fingerprint density at radius 1 is 1.20 bits per heavy atom. The summed E-state index contributed by atoms with van der Waals surface area (Å²) in [5.41, 5.74) is 1.26. The van der Waals surface area contributed by atoms with E-state index in [9.17, 15) is 0 Å². The van der Waals surface area contributed by atoms with Gasteiger partial charge in [-0.3, -0.25) is 0 Å². The van der Waals surface area contributed by atoms with Crippen LogP contribution in [0.3, 0.4) is 0 Å². The first-order valence-corrected chi connectivity index (χ1v) is 4.94. The van der Waals surface area contributed by atoms with Crippen molar-refractivity contribution in [2.75, 3.05) is 5.32 Å². The van der Waals surface area contributed by atoms with Crippen molar-refractivity contribution in [1.29, 1.82) is 0 Å². The van der Waals surface area contributed by atoms with Gasteiger partial charge in [-0.05, 0) is 10.5 Å². The first kappa shape index (κ1) is 9.65. The van der Waals surface area contributed by atoms with Crippen molar-refractivity contribution in [3.05, 3.63) is 54.5 Å². The summed E-state index contributed by atoms with van der Waals surface area (Å²) in [6.07, 6.45) is 3.76. The monoisotopic (exact) mass is 200 g/mol. The molecular weight excluding hydrogens is 186 g/mol. The predicted octanol–water partition coefficient (Wildman–Crippen LogP) is 1.52. The van der Waals surface area contributed by atoms with Crippen LogP contribution < -0.4 is 9.88 Å². The van der Waals surface area contributed by atoms with E-state index >= 15 is 0 Å². The van der Waals surface area contributed by atoms with Gasteiger partial charge in [-0.15, -0.1) is 0 Å². The number of aryl methyl sites for hydroxylation is 1. The Balaban J connectivity index is 1.96. The molecule has 0 unspecified atom stereocenters. The van der Waals surface area contributed by atoms with E-state index in [2.05, 4.69) is 22.4 Å². The zero-order chi connectivity index (χ0) is 10.5. The molecule has 76 valence electrons. The second kappa shape index (κ2) is 4.55. The quantitative estimate of drug-likeness (QED) is 0.761. The molecule has 0 aliphatic heterocycles. The van der Waals surface area contributed by atoms with Gasteiger partial charge in [0.1, 0.15) is 0 Å².